The van der Waals surface area contributed by atoms with Crippen LogP contribution in [0.4, 0.5) is 17.1 Å². The van der Waals surface area contributed by atoms with Crippen LogP contribution in [0.1, 0.15) is 0 Å². The Kier molecular flexibility index (Phi) is 7.36. The van der Waals surface area contributed by atoms with Crippen LogP contribution in [0, 0.1) is 0 Å². The second-order valence-corrected chi connectivity index (χ2v) is 16.8. The number of rotatable bonds is 6. The number of furan rings is 1. The van der Waals surface area contributed by atoms with Gasteiger partial charge in [0.15, 0.2) is 0 Å². The van der Waals surface area contributed by atoms with E-state index in [1.54, 1.807) is 0 Å². The SMILES string of the molecule is c1ccc(-c2ccc(N(c3ccccc3)c3ccc(-n4c5cccc6c7ccccc7n7c8ccccc8c8c(-c9cccc%10oc%11ccccc%11c9%10)cc4c(c65)c87)cc3)cc2)cc1. The molecule has 14 aromatic rings. The minimum atomic E-state index is 0.890. The van der Waals surface area contributed by atoms with Gasteiger partial charge in [0.2, 0.25) is 0 Å². The summed E-state index contributed by atoms with van der Waals surface area (Å²) in [6, 6.07) is 81.3. The van der Waals surface area contributed by atoms with Gasteiger partial charge in [-0.2, -0.15) is 0 Å². The van der Waals surface area contributed by atoms with Crippen molar-refractivity contribution in [3.63, 3.8) is 0 Å². The van der Waals surface area contributed by atoms with E-state index in [1.807, 2.05) is 0 Å². The van der Waals surface area contributed by atoms with E-state index >= 15 is 0 Å². The molecule has 0 fully saturated rings. The number of nitrogens with zero attached hydrogens (tertiary/aromatic N) is 3. The van der Waals surface area contributed by atoms with Gasteiger partial charge in [0, 0.05) is 60.5 Å². The first-order valence-electron chi connectivity index (χ1n) is 21.9. The molecule has 0 amide bonds. The molecule has 10 aromatic carbocycles. The van der Waals surface area contributed by atoms with Gasteiger partial charge in [0.25, 0.3) is 0 Å². The van der Waals surface area contributed by atoms with Crippen molar-refractivity contribution in [3.8, 4) is 27.9 Å². The van der Waals surface area contributed by atoms with Crippen LogP contribution in [0.5, 0.6) is 0 Å². The van der Waals surface area contributed by atoms with Gasteiger partial charge < -0.3 is 18.3 Å². The van der Waals surface area contributed by atoms with Crippen LogP contribution in [0.3, 0.4) is 0 Å². The zero-order valence-corrected chi connectivity index (χ0v) is 34.6. The quantitative estimate of drug-likeness (QED) is 0.167. The molecular weight excluding hydrogens is 779 g/mol. The van der Waals surface area contributed by atoms with Gasteiger partial charge in [-0.3, -0.25) is 0 Å². The molecule has 0 atom stereocenters. The minimum absolute atomic E-state index is 0.890. The maximum absolute atomic E-state index is 6.53. The molecule has 0 bridgehead atoms. The van der Waals surface area contributed by atoms with Crippen LogP contribution in [-0.2, 0) is 0 Å². The highest BCUT2D eigenvalue weighted by Crippen LogP contribution is 2.50. The average Bonchev–Trinajstić information content (AvgIpc) is 4.00. The van der Waals surface area contributed by atoms with Crippen molar-refractivity contribution < 1.29 is 4.42 Å². The zero-order chi connectivity index (χ0) is 41.9. The summed E-state index contributed by atoms with van der Waals surface area (Å²) in [6.45, 7) is 0. The number of benzene rings is 10. The van der Waals surface area contributed by atoms with Gasteiger partial charge in [-0.05, 0) is 113 Å². The largest absolute Gasteiger partial charge is 0.456 e. The van der Waals surface area contributed by atoms with E-state index in [4.69, 9.17) is 4.42 Å². The van der Waals surface area contributed by atoms with E-state index in [2.05, 4.69) is 238 Å². The zero-order valence-electron chi connectivity index (χ0n) is 34.6. The maximum Gasteiger partial charge on any atom is 0.136 e. The number of para-hydroxylation sites is 4. The van der Waals surface area contributed by atoms with E-state index in [9.17, 15) is 0 Å². The first-order chi connectivity index (χ1) is 31.8. The Labute approximate surface area is 368 Å². The molecule has 64 heavy (non-hydrogen) atoms. The number of hydrogen-bond acceptors (Lipinski definition) is 2. The monoisotopic (exact) mass is 815 g/mol. The van der Waals surface area contributed by atoms with Crippen molar-refractivity contribution in [2.24, 2.45) is 0 Å². The molecule has 4 nitrogen and oxygen atoms in total. The maximum atomic E-state index is 6.53. The Balaban J connectivity index is 1.06. The van der Waals surface area contributed by atoms with Gasteiger partial charge in [0.1, 0.15) is 11.2 Å². The van der Waals surface area contributed by atoms with E-state index in [0.29, 0.717) is 0 Å². The molecule has 0 aliphatic heterocycles. The van der Waals surface area contributed by atoms with Gasteiger partial charge in [-0.1, -0.05) is 140 Å². The minimum Gasteiger partial charge on any atom is -0.456 e. The highest BCUT2D eigenvalue weighted by atomic mass is 16.3. The Hall–Kier alpha value is -8.60. The lowest BCUT2D eigenvalue weighted by atomic mass is 9.93. The van der Waals surface area contributed by atoms with Gasteiger partial charge in [-0.15, -0.1) is 0 Å². The summed E-state index contributed by atoms with van der Waals surface area (Å²) in [5, 5.41) is 9.73. The summed E-state index contributed by atoms with van der Waals surface area (Å²) in [5.41, 5.74) is 16.9. The molecule has 4 heterocycles. The summed E-state index contributed by atoms with van der Waals surface area (Å²) < 4.78 is 11.6. The highest BCUT2D eigenvalue weighted by Gasteiger charge is 2.27. The van der Waals surface area contributed by atoms with Gasteiger partial charge >= 0.3 is 0 Å². The predicted octanol–water partition coefficient (Wildman–Crippen LogP) is 16.6. The summed E-state index contributed by atoms with van der Waals surface area (Å²) in [6.07, 6.45) is 0. The third kappa shape index (κ3) is 4.93. The molecule has 298 valence electrons. The molecule has 0 aliphatic rings. The summed E-state index contributed by atoms with van der Waals surface area (Å²) >= 11 is 0. The van der Waals surface area contributed by atoms with Crippen LogP contribution in [0.25, 0.3) is 110 Å². The predicted molar refractivity (Wildman–Crippen MR) is 268 cm³/mol. The number of anilines is 3. The molecule has 0 aliphatic carbocycles. The molecule has 0 unspecified atom stereocenters. The van der Waals surface area contributed by atoms with Crippen LogP contribution in [-0.4, -0.2) is 8.97 Å². The fraction of sp³-hybridized carbons (Fsp3) is 0. The highest BCUT2D eigenvalue weighted by molar-refractivity contribution is 6.36. The first kappa shape index (κ1) is 35.0. The molecule has 14 rings (SSSR count). The van der Waals surface area contributed by atoms with Gasteiger partial charge in [0.05, 0.1) is 27.6 Å². The molecule has 0 saturated heterocycles. The lowest BCUT2D eigenvalue weighted by molar-refractivity contribution is 0.669. The smallest absolute Gasteiger partial charge is 0.136 e. The van der Waals surface area contributed by atoms with Crippen LogP contribution < -0.4 is 4.90 Å². The normalized spacial score (nSPS) is 12.1. The molecule has 0 saturated carbocycles. The van der Waals surface area contributed by atoms with Crippen molar-refractivity contribution in [2.75, 3.05) is 4.90 Å². The van der Waals surface area contributed by atoms with Crippen LogP contribution in [0.15, 0.2) is 229 Å². The van der Waals surface area contributed by atoms with Crippen molar-refractivity contribution in [3.05, 3.63) is 224 Å². The molecule has 0 radical (unpaired) electrons. The number of fused-ring (bicyclic) bond motifs is 9. The van der Waals surface area contributed by atoms with Crippen LogP contribution in [0.2, 0.25) is 0 Å². The molecule has 4 aromatic heterocycles. The number of hydrogen-bond donors (Lipinski definition) is 0. The summed E-state index contributed by atoms with van der Waals surface area (Å²) in [4.78, 5) is 2.34. The van der Waals surface area contributed by atoms with Crippen molar-refractivity contribution in [1.82, 2.24) is 8.97 Å². The number of aromatic nitrogens is 2. The second-order valence-electron chi connectivity index (χ2n) is 16.8. The summed E-state index contributed by atoms with van der Waals surface area (Å²) in [5.74, 6) is 0. The second kappa shape index (κ2) is 13.4. The Bertz CT molecular complexity index is 4100. The lowest BCUT2D eigenvalue weighted by Crippen LogP contribution is -2.10. The third-order valence-electron chi connectivity index (χ3n) is 13.4. The Morgan fingerprint density at radius 1 is 0.328 bits per heavy atom. The topological polar surface area (TPSA) is 25.7 Å². The van der Waals surface area contributed by atoms with Crippen LogP contribution >= 0.6 is 0 Å². The van der Waals surface area contributed by atoms with E-state index in [0.717, 1.165) is 55.8 Å². The standard InChI is InChI=1S/C60H37N3O/c1-3-15-38(16-4-1)39-29-31-41(32-30-39)61(40-17-5-2-6-18-40)42-33-35-43(36-34-42)62-52-26-13-22-45-44-19-7-10-24-50(44)63-51-25-11-8-20-47(51)57-49(37-53(62)59(58(45)52)60(57)63)46-23-14-28-55-56(46)48-21-9-12-27-54(48)64-55/h1-37H. The fourth-order valence-corrected chi connectivity index (χ4v) is 10.8. The summed E-state index contributed by atoms with van der Waals surface area (Å²) in [7, 11) is 0. The van der Waals surface area contributed by atoms with Gasteiger partial charge in [-0.25, -0.2) is 0 Å². The van der Waals surface area contributed by atoms with Crippen molar-refractivity contribution in [2.45, 2.75) is 0 Å². The third-order valence-corrected chi connectivity index (χ3v) is 13.4. The molecule has 4 heteroatoms. The average molecular weight is 816 g/mol. The first-order valence-corrected chi connectivity index (χ1v) is 21.9. The fourth-order valence-electron chi connectivity index (χ4n) is 10.8. The Morgan fingerprint density at radius 3 is 1.67 bits per heavy atom. The van der Waals surface area contributed by atoms with E-state index in [1.165, 1.54) is 71.1 Å². The molecule has 0 spiro atoms. The van der Waals surface area contributed by atoms with Crippen molar-refractivity contribution >= 4 is 98.9 Å². The Morgan fingerprint density at radius 2 is 0.891 bits per heavy atom. The van der Waals surface area contributed by atoms with E-state index in [-0.39, 0.29) is 0 Å². The lowest BCUT2D eigenvalue weighted by Gasteiger charge is -2.26. The molecular formula is C60H37N3O. The van der Waals surface area contributed by atoms with E-state index < -0.39 is 0 Å². The van der Waals surface area contributed by atoms with Crippen molar-refractivity contribution in [1.29, 1.82) is 0 Å². The molecule has 0 N–H and O–H groups in total.